The zero-order valence-corrected chi connectivity index (χ0v) is 13.5. The van der Waals surface area contributed by atoms with Gasteiger partial charge in [0.2, 0.25) is 5.91 Å². The van der Waals surface area contributed by atoms with Gasteiger partial charge in [0, 0.05) is 19.0 Å². The Bertz CT molecular complexity index is 578. The molecule has 0 heterocycles. The SMILES string of the molecule is CCN(CC(C)(C)O)C(=O)C1CC1c1cccc(C(F)(F)F)c1. The normalized spacial score (nSPS) is 21.2. The van der Waals surface area contributed by atoms with E-state index in [1.165, 1.54) is 6.07 Å². The molecule has 0 aliphatic heterocycles. The molecule has 1 aliphatic rings. The molecule has 1 aromatic rings. The molecule has 2 unspecified atom stereocenters. The number of nitrogens with zero attached hydrogens (tertiary/aromatic N) is 1. The van der Waals surface area contributed by atoms with Crippen LogP contribution in [0.2, 0.25) is 0 Å². The number of carbonyl (C=O) groups excluding carboxylic acids is 1. The van der Waals surface area contributed by atoms with Gasteiger partial charge in [0.1, 0.15) is 0 Å². The van der Waals surface area contributed by atoms with Crippen LogP contribution in [0.15, 0.2) is 24.3 Å². The van der Waals surface area contributed by atoms with Crippen LogP contribution in [0, 0.1) is 5.92 Å². The third-order valence-electron chi connectivity index (χ3n) is 4.02. The van der Waals surface area contributed by atoms with E-state index in [-0.39, 0.29) is 24.3 Å². The predicted octanol–water partition coefficient (Wildman–Crippen LogP) is 3.43. The summed E-state index contributed by atoms with van der Waals surface area (Å²) in [5.74, 6) is -0.557. The van der Waals surface area contributed by atoms with Crippen LogP contribution >= 0.6 is 0 Å². The smallest absolute Gasteiger partial charge is 0.389 e. The first kappa shape index (κ1) is 17.8. The van der Waals surface area contributed by atoms with Crippen LogP contribution in [0.3, 0.4) is 0 Å². The standard InChI is InChI=1S/C17H22F3NO2/c1-4-21(10-16(2,3)23)15(22)14-9-13(14)11-6-5-7-12(8-11)17(18,19)20/h5-8,13-14,23H,4,9-10H2,1-3H3. The number of rotatable bonds is 5. The van der Waals surface area contributed by atoms with Crippen LogP contribution < -0.4 is 0 Å². The van der Waals surface area contributed by atoms with Gasteiger partial charge in [-0.05, 0) is 44.7 Å². The summed E-state index contributed by atoms with van der Waals surface area (Å²) < 4.78 is 38.3. The largest absolute Gasteiger partial charge is 0.416 e. The number of carbonyl (C=O) groups is 1. The number of benzene rings is 1. The highest BCUT2D eigenvalue weighted by Gasteiger charge is 2.46. The molecule has 2 rings (SSSR count). The Morgan fingerprint density at radius 1 is 1.35 bits per heavy atom. The molecule has 3 nitrogen and oxygen atoms in total. The number of hydrogen-bond donors (Lipinski definition) is 1. The van der Waals surface area contributed by atoms with Gasteiger partial charge in [0.15, 0.2) is 0 Å². The zero-order chi connectivity index (χ0) is 17.4. The molecular formula is C17H22F3NO2. The molecule has 0 spiro atoms. The molecular weight excluding hydrogens is 307 g/mol. The Kier molecular flexibility index (Phi) is 4.76. The first-order valence-corrected chi connectivity index (χ1v) is 7.71. The van der Waals surface area contributed by atoms with E-state index in [4.69, 9.17) is 0 Å². The van der Waals surface area contributed by atoms with Gasteiger partial charge in [0.05, 0.1) is 11.2 Å². The second kappa shape index (κ2) is 6.15. The van der Waals surface area contributed by atoms with Gasteiger partial charge in [-0.3, -0.25) is 4.79 Å². The monoisotopic (exact) mass is 329 g/mol. The Balaban J connectivity index is 2.08. The van der Waals surface area contributed by atoms with Crippen LogP contribution in [0.4, 0.5) is 13.2 Å². The van der Waals surface area contributed by atoms with Gasteiger partial charge in [0.25, 0.3) is 0 Å². The number of aliphatic hydroxyl groups is 1. The predicted molar refractivity (Wildman–Crippen MR) is 80.8 cm³/mol. The fourth-order valence-corrected chi connectivity index (χ4v) is 2.83. The molecule has 0 aromatic heterocycles. The van der Waals surface area contributed by atoms with Crippen molar-refractivity contribution in [2.45, 2.75) is 44.9 Å². The maximum Gasteiger partial charge on any atom is 0.416 e. The lowest BCUT2D eigenvalue weighted by Crippen LogP contribution is -2.42. The summed E-state index contributed by atoms with van der Waals surface area (Å²) in [4.78, 5) is 14.0. The Morgan fingerprint density at radius 3 is 2.52 bits per heavy atom. The highest BCUT2D eigenvalue weighted by Crippen LogP contribution is 2.49. The fraction of sp³-hybridized carbons (Fsp3) is 0.588. The van der Waals surface area contributed by atoms with E-state index in [9.17, 15) is 23.1 Å². The van der Waals surface area contributed by atoms with Crippen LogP contribution in [-0.2, 0) is 11.0 Å². The maximum atomic E-state index is 12.8. The number of amides is 1. The molecule has 0 radical (unpaired) electrons. The molecule has 1 aliphatic carbocycles. The Morgan fingerprint density at radius 2 is 2.00 bits per heavy atom. The lowest BCUT2D eigenvalue weighted by molar-refractivity contribution is -0.137. The third-order valence-corrected chi connectivity index (χ3v) is 4.02. The summed E-state index contributed by atoms with van der Waals surface area (Å²) in [7, 11) is 0. The van der Waals surface area contributed by atoms with Gasteiger partial charge in [-0.15, -0.1) is 0 Å². The van der Waals surface area contributed by atoms with Crippen molar-refractivity contribution in [2.75, 3.05) is 13.1 Å². The van der Waals surface area contributed by atoms with E-state index < -0.39 is 17.3 Å². The van der Waals surface area contributed by atoms with Crippen LogP contribution in [-0.4, -0.2) is 34.6 Å². The molecule has 1 fully saturated rings. The van der Waals surface area contributed by atoms with E-state index >= 15 is 0 Å². The Hall–Kier alpha value is -1.56. The van der Waals surface area contributed by atoms with Crippen molar-refractivity contribution < 1.29 is 23.1 Å². The van der Waals surface area contributed by atoms with E-state index in [0.29, 0.717) is 18.5 Å². The highest BCUT2D eigenvalue weighted by atomic mass is 19.4. The third kappa shape index (κ3) is 4.47. The molecule has 128 valence electrons. The van der Waals surface area contributed by atoms with E-state index in [1.54, 1.807) is 24.8 Å². The number of hydrogen-bond acceptors (Lipinski definition) is 2. The van der Waals surface area contributed by atoms with Crippen LogP contribution in [0.25, 0.3) is 0 Å². The molecule has 0 bridgehead atoms. The van der Waals surface area contributed by atoms with Crippen molar-refractivity contribution in [1.29, 1.82) is 0 Å². The van der Waals surface area contributed by atoms with E-state index in [2.05, 4.69) is 0 Å². The molecule has 1 N–H and O–H groups in total. The molecule has 2 atom stereocenters. The van der Waals surface area contributed by atoms with Crippen LogP contribution in [0.1, 0.15) is 44.2 Å². The quantitative estimate of drug-likeness (QED) is 0.899. The summed E-state index contributed by atoms with van der Waals surface area (Å²) in [6.07, 6.45) is -3.82. The molecule has 0 saturated heterocycles. The first-order valence-electron chi connectivity index (χ1n) is 7.71. The zero-order valence-electron chi connectivity index (χ0n) is 13.5. The summed E-state index contributed by atoms with van der Waals surface area (Å²) in [5, 5.41) is 9.86. The molecule has 1 saturated carbocycles. The minimum absolute atomic E-state index is 0.1000. The summed E-state index contributed by atoms with van der Waals surface area (Å²) >= 11 is 0. The molecule has 23 heavy (non-hydrogen) atoms. The van der Waals surface area contributed by atoms with Crippen molar-refractivity contribution in [1.82, 2.24) is 4.90 Å². The number of likely N-dealkylation sites (N-methyl/N-ethyl adjacent to an activating group) is 1. The van der Waals surface area contributed by atoms with Crippen LogP contribution in [0.5, 0.6) is 0 Å². The Labute approximate surface area is 134 Å². The van der Waals surface area contributed by atoms with Crippen molar-refractivity contribution in [3.05, 3.63) is 35.4 Å². The topological polar surface area (TPSA) is 40.5 Å². The van der Waals surface area contributed by atoms with Crippen molar-refractivity contribution in [2.24, 2.45) is 5.92 Å². The molecule has 1 aromatic carbocycles. The fourth-order valence-electron chi connectivity index (χ4n) is 2.83. The van der Waals surface area contributed by atoms with Crippen molar-refractivity contribution in [3.8, 4) is 0 Å². The first-order chi connectivity index (χ1) is 10.5. The van der Waals surface area contributed by atoms with Gasteiger partial charge >= 0.3 is 6.18 Å². The average Bonchev–Trinajstić information content (AvgIpc) is 3.22. The average molecular weight is 329 g/mol. The van der Waals surface area contributed by atoms with Gasteiger partial charge in [-0.25, -0.2) is 0 Å². The highest BCUT2D eigenvalue weighted by molar-refractivity contribution is 5.83. The van der Waals surface area contributed by atoms with Crippen molar-refractivity contribution in [3.63, 3.8) is 0 Å². The second-order valence-electron chi connectivity index (χ2n) is 6.74. The molecule has 1 amide bonds. The lowest BCUT2D eigenvalue weighted by Gasteiger charge is -2.28. The van der Waals surface area contributed by atoms with Gasteiger partial charge < -0.3 is 10.0 Å². The number of halogens is 3. The summed E-state index contributed by atoms with van der Waals surface area (Å²) in [5.41, 5.74) is -1.12. The van der Waals surface area contributed by atoms with E-state index in [1.807, 2.05) is 6.92 Å². The maximum absolute atomic E-state index is 12.8. The molecule has 6 heteroatoms. The van der Waals surface area contributed by atoms with Gasteiger partial charge in [-0.1, -0.05) is 18.2 Å². The summed E-state index contributed by atoms with van der Waals surface area (Å²) in [6, 6.07) is 5.19. The van der Waals surface area contributed by atoms with Crippen molar-refractivity contribution >= 4 is 5.91 Å². The van der Waals surface area contributed by atoms with Gasteiger partial charge in [-0.2, -0.15) is 13.2 Å². The second-order valence-corrected chi connectivity index (χ2v) is 6.74. The minimum Gasteiger partial charge on any atom is -0.389 e. The summed E-state index contributed by atoms with van der Waals surface area (Å²) in [6.45, 7) is 5.76. The lowest BCUT2D eigenvalue weighted by atomic mass is 10.0. The minimum atomic E-state index is -4.37. The number of alkyl halides is 3. The van der Waals surface area contributed by atoms with E-state index in [0.717, 1.165) is 12.1 Å².